The molecule has 1 aromatic carbocycles. The summed E-state index contributed by atoms with van der Waals surface area (Å²) in [5.74, 6) is 1.01. The van der Waals surface area contributed by atoms with Crippen LogP contribution in [0.1, 0.15) is 26.7 Å². The van der Waals surface area contributed by atoms with Gasteiger partial charge in [-0.3, -0.25) is 4.79 Å². The van der Waals surface area contributed by atoms with Gasteiger partial charge in [-0.05, 0) is 57.0 Å². The predicted octanol–water partition coefficient (Wildman–Crippen LogP) is 3.95. The Morgan fingerprint density at radius 3 is 2.71 bits per heavy atom. The van der Waals surface area contributed by atoms with Crippen molar-refractivity contribution in [3.63, 3.8) is 0 Å². The predicted molar refractivity (Wildman–Crippen MR) is 116 cm³/mol. The third-order valence-electron chi connectivity index (χ3n) is 5.65. The number of carbonyl (C=O) groups is 1. The summed E-state index contributed by atoms with van der Waals surface area (Å²) in [5, 5.41) is 0. The number of methoxy groups -OCH3 is 1. The van der Waals surface area contributed by atoms with Crippen LogP contribution in [-0.2, 0) is 14.3 Å². The van der Waals surface area contributed by atoms with Crippen LogP contribution in [0.2, 0.25) is 0 Å². The lowest BCUT2D eigenvalue weighted by atomic mass is 9.95. The lowest BCUT2D eigenvalue weighted by Crippen LogP contribution is -2.40. The summed E-state index contributed by atoms with van der Waals surface area (Å²) in [5.41, 5.74) is 1.59. The Morgan fingerprint density at radius 1 is 1.26 bits per heavy atom. The minimum absolute atomic E-state index is 0.121. The van der Waals surface area contributed by atoms with Crippen LogP contribution in [0, 0.1) is 11.2 Å². The first-order valence-electron chi connectivity index (χ1n) is 10.4. The number of hydrogen-bond acceptors (Lipinski definition) is 6. The van der Waals surface area contributed by atoms with Gasteiger partial charge in [-0.15, -0.1) is 0 Å². The van der Waals surface area contributed by atoms with Crippen LogP contribution in [0.4, 0.5) is 10.2 Å². The highest BCUT2D eigenvalue weighted by atomic mass is 19.1. The number of H-pyrrole nitrogens is 1. The first-order valence-corrected chi connectivity index (χ1v) is 10.4. The summed E-state index contributed by atoms with van der Waals surface area (Å²) in [6.07, 6.45) is 3.65. The third kappa shape index (κ3) is 4.69. The molecule has 4 rings (SSSR count). The van der Waals surface area contributed by atoms with Gasteiger partial charge < -0.3 is 19.4 Å². The number of halogens is 1. The van der Waals surface area contributed by atoms with Gasteiger partial charge in [0.15, 0.2) is 0 Å². The summed E-state index contributed by atoms with van der Waals surface area (Å²) in [7, 11) is 1.40. The molecule has 1 saturated heterocycles. The van der Waals surface area contributed by atoms with Crippen molar-refractivity contribution in [2.45, 2.75) is 32.8 Å². The second-order valence-electron chi connectivity index (χ2n) is 8.52. The van der Waals surface area contributed by atoms with Gasteiger partial charge in [0.05, 0.1) is 36.3 Å². The molecule has 1 aliphatic rings. The molecule has 1 fully saturated rings. The average molecular weight is 426 g/mol. The van der Waals surface area contributed by atoms with Crippen LogP contribution < -0.4 is 4.90 Å². The highest BCUT2D eigenvalue weighted by Gasteiger charge is 2.31. The number of piperidine rings is 1. The number of imidazole rings is 1. The molecule has 3 aromatic rings. The SMILES string of the molecule is COC(=O)C(C)(C)COC1CCN(c2ccc(-c3nc4ccc(F)cc4[nH]3)cn2)CC1. The van der Waals surface area contributed by atoms with E-state index in [4.69, 9.17) is 9.47 Å². The monoisotopic (exact) mass is 426 g/mol. The molecule has 3 heterocycles. The number of rotatable bonds is 6. The molecule has 164 valence electrons. The molecular weight excluding hydrogens is 399 g/mol. The van der Waals surface area contributed by atoms with Crippen molar-refractivity contribution >= 4 is 22.8 Å². The maximum Gasteiger partial charge on any atom is 0.313 e. The van der Waals surface area contributed by atoms with E-state index in [1.807, 2.05) is 26.0 Å². The normalized spacial score (nSPS) is 15.4. The van der Waals surface area contributed by atoms with Crippen molar-refractivity contribution in [3.05, 3.63) is 42.3 Å². The zero-order valence-corrected chi connectivity index (χ0v) is 18.0. The second-order valence-corrected chi connectivity index (χ2v) is 8.52. The Labute approximate surface area is 180 Å². The standard InChI is InChI=1S/C23H27FN4O3/c1-23(2,22(29)30-3)14-31-17-8-10-28(11-9-17)20-7-4-15(13-25-20)21-26-18-6-5-16(24)12-19(18)27-21/h4-7,12-13,17H,8-11,14H2,1-3H3,(H,26,27). The minimum atomic E-state index is -0.647. The summed E-state index contributed by atoms with van der Waals surface area (Å²) >= 11 is 0. The quantitative estimate of drug-likeness (QED) is 0.601. The molecule has 1 aliphatic heterocycles. The zero-order valence-electron chi connectivity index (χ0n) is 18.0. The number of carbonyl (C=O) groups excluding carboxylic acids is 1. The van der Waals surface area contributed by atoms with Crippen molar-refractivity contribution in [1.29, 1.82) is 0 Å². The van der Waals surface area contributed by atoms with E-state index in [2.05, 4.69) is 19.9 Å². The summed E-state index contributed by atoms with van der Waals surface area (Å²) in [4.78, 5) is 26.3. The van der Waals surface area contributed by atoms with Crippen LogP contribution in [0.3, 0.4) is 0 Å². The highest BCUT2D eigenvalue weighted by molar-refractivity contribution is 5.79. The van der Waals surface area contributed by atoms with Gasteiger partial charge in [0.1, 0.15) is 17.5 Å². The number of nitrogens with one attached hydrogen (secondary N) is 1. The third-order valence-corrected chi connectivity index (χ3v) is 5.65. The number of pyridine rings is 1. The van der Waals surface area contributed by atoms with E-state index in [1.165, 1.54) is 19.2 Å². The van der Waals surface area contributed by atoms with E-state index >= 15 is 0 Å². The molecule has 1 N–H and O–H groups in total. The second kappa shape index (κ2) is 8.63. The average Bonchev–Trinajstić information content (AvgIpc) is 3.21. The molecule has 0 unspecified atom stereocenters. The van der Waals surface area contributed by atoms with E-state index in [9.17, 15) is 9.18 Å². The summed E-state index contributed by atoms with van der Waals surface area (Å²) in [6.45, 7) is 5.67. The summed E-state index contributed by atoms with van der Waals surface area (Å²) in [6, 6.07) is 8.44. The fraction of sp³-hybridized carbons (Fsp3) is 0.435. The molecule has 7 nitrogen and oxygen atoms in total. The molecule has 0 bridgehead atoms. The van der Waals surface area contributed by atoms with E-state index in [1.54, 1.807) is 12.3 Å². The molecule has 0 spiro atoms. The van der Waals surface area contributed by atoms with Crippen LogP contribution in [0.15, 0.2) is 36.5 Å². The first kappa shape index (κ1) is 21.2. The van der Waals surface area contributed by atoms with Gasteiger partial charge in [0.2, 0.25) is 0 Å². The Bertz CT molecular complexity index is 1060. The molecule has 0 aliphatic carbocycles. The molecule has 0 saturated carbocycles. The van der Waals surface area contributed by atoms with E-state index in [0.717, 1.165) is 42.8 Å². The molecule has 31 heavy (non-hydrogen) atoms. The molecule has 0 amide bonds. The van der Waals surface area contributed by atoms with Gasteiger partial charge in [-0.1, -0.05) is 0 Å². The summed E-state index contributed by atoms with van der Waals surface area (Å²) < 4.78 is 24.2. The Morgan fingerprint density at radius 2 is 2.03 bits per heavy atom. The van der Waals surface area contributed by atoms with Crippen LogP contribution in [-0.4, -0.2) is 53.8 Å². The number of hydrogen-bond donors (Lipinski definition) is 1. The van der Waals surface area contributed by atoms with Crippen molar-refractivity contribution in [3.8, 4) is 11.4 Å². The number of anilines is 1. The fourth-order valence-corrected chi connectivity index (χ4v) is 3.74. The van der Waals surface area contributed by atoms with Crippen LogP contribution in [0.5, 0.6) is 0 Å². The van der Waals surface area contributed by atoms with Crippen molar-refractivity contribution in [1.82, 2.24) is 15.0 Å². The largest absolute Gasteiger partial charge is 0.469 e. The van der Waals surface area contributed by atoms with Gasteiger partial charge in [-0.25, -0.2) is 14.4 Å². The van der Waals surface area contributed by atoms with Gasteiger partial charge >= 0.3 is 5.97 Å². The lowest BCUT2D eigenvalue weighted by molar-refractivity contribution is -0.155. The Hall–Kier alpha value is -3.00. The number of benzene rings is 1. The lowest BCUT2D eigenvalue weighted by Gasteiger charge is -2.34. The van der Waals surface area contributed by atoms with Crippen molar-refractivity contribution < 1.29 is 18.7 Å². The van der Waals surface area contributed by atoms with Crippen LogP contribution in [0.25, 0.3) is 22.4 Å². The van der Waals surface area contributed by atoms with Gasteiger partial charge in [0.25, 0.3) is 0 Å². The number of aromatic amines is 1. The molecule has 0 radical (unpaired) electrons. The fourth-order valence-electron chi connectivity index (χ4n) is 3.74. The number of aromatic nitrogens is 3. The van der Waals surface area contributed by atoms with Crippen LogP contribution >= 0.6 is 0 Å². The van der Waals surface area contributed by atoms with E-state index in [0.29, 0.717) is 17.9 Å². The van der Waals surface area contributed by atoms with E-state index in [-0.39, 0.29) is 17.9 Å². The smallest absolute Gasteiger partial charge is 0.313 e. The molecule has 0 atom stereocenters. The number of fused-ring (bicyclic) bond motifs is 1. The first-order chi connectivity index (χ1) is 14.9. The van der Waals surface area contributed by atoms with Crippen molar-refractivity contribution in [2.75, 3.05) is 31.7 Å². The zero-order chi connectivity index (χ0) is 22.0. The Kier molecular flexibility index (Phi) is 5.91. The van der Waals surface area contributed by atoms with E-state index < -0.39 is 5.41 Å². The molecule has 8 heteroatoms. The minimum Gasteiger partial charge on any atom is -0.469 e. The topological polar surface area (TPSA) is 80.3 Å². The molecular formula is C23H27FN4O3. The van der Waals surface area contributed by atoms with Crippen molar-refractivity contribution in [2.24, 2.45) is 5.41 Å². The highest BCUT2D eigenvalue weighted by Crippen LogP contribution is 2.26. The number of nitrogens with zero attached hydrogens (tertiary/aromatic N) is 3. The molecule has 2 aromatic heterocycles. The Balaban J connectivity index is 1.34. The maximum absolute atomic E-state index is 13.4. The number of ether oxygens (including phenoxy) is 2. The van der Waals surface area contributed by atoms with Gasteiger partial charge in [-0.2, -0.15) is 0 Å². The number of esters is 1. The van der Waals surface area contributed by atoms with Gasteiger partial charge in [0, 0.05) is 24.8 Å². The maximum atomic E-state index is 13.4.